The normalized spacial score (nSPS) is 24.6. The minimum atomic E-state index is -0.314. The molecule has 1 saturated carbocycles. The van der Waals surface area contributed by atoms with Crippen LogP contribution >= 0.6 is 0 Å². The van der Waals surface area contributed by atoms with Crippen LogP contribution < -0.4 is 10.1 Å². The van der Waals surface area contributed by atoms with Gasteiger partial charge in [-0.15, -0.1) is 0 Å². The molecule has 2 N–H and O–H groups in total. The van der Waals surface area contributed by atoms with E-state index in [-0.39, 0.29) is 12.2 Å². The van der Waals surface area contributed by atoms with Gasteiger partial charge in [0.15, 0.2) is 0 Å². The quantitative estimate of drug-likeness (QED) is 0.839. The Balaban J connectivity index is 2.06. The molecule has 94 valence electrons. The highest BCUT2D eigenvalue weighted by Crippen LogP contribution is 2.26. The fourth-order valence-corrected chi connectivity index (χ4v) is 2.33. The Morgan fingerprint density at radius 1 is 1.29 bits per heavy atom. The van der Waals surface area contributed by atoms with Crippen LogP contribution in [0.1, 0.15) is 31.2 Å². The average molecular weight is 235 g/mol. The molecular formula is C14H21NO2. The molecule has 0 heterocycles. The molecule has 3 heteroatoms. The van der Waals surface area contributed by atoms with Gasteiger partial charge in [-0.3, -0.25) is 0 Å². The van der Waals surface area contributed by atoms with E-state index in [9.17, 15) is 5.11 Å². The number of hydrogen-bond acceptors (Lipinski definition) is 3. The second kappa shape index (κ2) is 6.03. The van der Waals surface area contributed by atoms with Crippen LogP contribution in [0.2, 0.25) is 0 Å². The van der Waals surface area contributed by atoms with Crippen LogP contribution in [0.3, 0.4) is 0 Å². The lowest BCUT2D eigenvalue weighted by atomic mass is 9.95. The Morgan fingerprint density at radius 3 is 2.82 bits per heavy atom. The van der Waals surface area contributed by atoms with Gasteiger partial charge < -0.3 is 15.2 Å². The predicted octanol–water partition coefficient (Wildman–Crippen LogP) is 2.09. The summed E-state index contributed by atoms with van der Waals surface area (Å²) in [6, 6.07) is 8.02. The summed E-state index contributed by atoms with van der Waals surface area (Å²) < 4.78 is 5.96. The SMILES string of the molecule is CNCc1ccccc1OC1CCCCC1O. The topological polar surface area (TPSA) is 41.5 Å². The molecule has 0 aliphatic heterocycles. The van der Waals surface area contributed by atoms with Crippen LogP contribution in [0.5, 0.6) is 5.75 Å². The van der Waals surface area contributed by atoms with Crippen LogP contribution in [0, 0.1) is 0 Å². The molecule has 0 aromatic heterocycles. The number of rotatable bonds is 4. The number of hydrogen-bond donors (Lipinski definition) is 2. The van der Waals surface area contributed by atoms with Gasteiger partial charge in [-0.25, -0.2) is 0 Å². The van der Waals surface area contributed by atoms with Gasteiger partial charge >= 0.3 is 0 Å². The third-order valence-electron chi connectivity index (χ3n) is 3.29. The molecule has 0 spiro atoms. The number of aliphatic hydroxyl groups is 1. The molecule has 1 aromatic rings. The Hall–Kier alpha value is -1.06. The first kappa shape index (κ1) is 12.4. The van der Waals surface area contributed by atoms with Gasteiger partial charge in [0.1, 0.15) is 11.9 Å². The molecule has 17 heavy (non-hydrogen) atoms. The number of ether oxygens (including phenoxy) is 1. The third kappa shape index (κ3) is 3.20. The smallest absolute Gasteiger partial charge is 0.124 e. The van der Waals surface area contributed by atoms with Gasteiger partial charge in [-0.2, -0.15) is 0 Å². The summed E-state index contributed by atoms with van der Waals surface area (Å²) in [5.41, 5.74) is 1.15. The van der Waals surface area contributed by atoms with Crippen LogP contribution in [-0.4, -0.2) is 24.4 Å². The molecule has 1 aliphatic carbocycles. The summed E-state index contributed by atoms with van der Waals surface area (Å²) in [5.74, 6) is 0.896. The summed E-state index contributed by atoms with van der Waals surface area (Å²) >= 11 is 0. The first-order chi connectivity index (χ1) is 8.31. The molecular weight excluding hydrogens is 214 g/mol. The summed E-state index contributed by atoms with van der Waals surface area (Å²) in [7, 11) is 1.92. The third-order valence-corrected chi connectivity index (χ3v) is 3.29. The molecule has 0 amide bonds. The molecule has 1 aliphatic rings. The van der Waals surface area contributed by atoms with E-state index < -0.39 is 0 Å². The molecule has 0 saturated heterocycles. The molecule has 1 aromatic carbocycles. The van der Waals surface area contributed by atoms with Crippen molar-refractivity contribution in [1.29, 1.82) is 0 Å². The van der Waals surface area contributed by atoms with Gasteiger partial charge in [0, 0.05) is 12.1 Å². The zero-order chi connectivity index (χ0) is 12.1. The van der Waals surface area contributed by atoms with Crippen molar-refractivity contribution in [1.82, 2.24) is 5.32 Å². The van der Waals surface area contributed by atoms with Gasteiger partial charge in [0.05, 0.1) is 6.10 Å². The van der Waals surface area contributed by atoms with Gasteiger partial charge in [-0.1, -0.05) is 24.6 Å². The molecule has 2 rings (SSSR count). The largest absolute Gasteiger partial charge is 0.487 e. The van der Waals surface area contributed by atoms with Crippen molar-refractivity contribution in [2.45, 2.75) is 44.4 Å². The van der Waals surface area contributed by atoms with Gasteiger partial charge in [0.25, 0.3) is 0 Å². The van der Waals surface area contributed by atoms with E-state index in [1.807, 2.05) is 25.2 Å². The summed E-state index contributed by atoms with van der Waals surface area (Å²) in [6.07, 6.45) is 3.72. The molecule has 2 unspecified atom stereocenters. The van der Waals surface area contributed by atoms with E-state index in [1.165, 1.54) is 0 Å². The van der Waals surface area contributed by atoms with E-state index in [4.69, 9.17) is 4.74 Å². The maximum absolute atomic E-state index is 9.91. The zero-order valence-corrected chi connectivity index (χ0v) is 10.4. The van der Waals surface area contributed by atoms with Crippen molar-refractivity contribution in [3.63, 3.8) is 0 Å². The maximum atomic E-state index is 9.91. The van der Waals surface area contributed by atoms with Crippen LogP contribution in [0.15, 0.2) is 24.3 Å². The van der Waals surface area contributed by atoms with Crippen molar-refractivity contribution in [3.8, 4) is 5.75 Å². The first-order valence-electron chi connectivity index (χ1n) is 6.38. The van der Waals surface area contributed by atoms with E-state index in [0.717, 1.165) is 43.5 Å². The van der Waals surface area contributed by atoms with Crippen molar-refractivity contribution in [3.05, 3.63) is 29.8 Å². The first-order valence-corrected chi connectivity index (χ1v) is 6.38. The van der Waals surface area contributed by atoms with E-state index >= 15 is 0 Å². The maximum Gasteiger partial charge on any atom is 0.124 e. The fraction of sp³-hybridized carbons (Fsp3) is 0.571. The van der Waals surface area contributed by atoms with Crippen LogP contribution in [-0.2, 0) is 6.54 Å². The fourth-order valence-electron chi connectivity index (χ4n) is 2.33. The Kier molecular flexibility index (Phi) is 4.40. The van der Waals surface area contributed by atoms with Crippen LogP contribution in [0.4, 0.5) is 0 Å². The second-order valence-electron chi connectivity index (χ2n) is 4.65. The summed E-state index contributed by atoms with van der Waals surface area (Å²) in [4.78, 5) is 0. The standard InChI is InChI=1S/C14H21NO2/c1-15-10-11-6-2-4-8-13(11)17-14-9-5-3-7-12(14)16/h2,4,6,8,12,14-16H,3,5,7,9-10H2,1H3. The van der Waals surface area contributed by atoms with Crippen LogP contribution in [0.25, 0.3) is 0 Å². The highest BCUT2D eigenvalue weighted by Gasteiger charge is 2.25. The number of nitrogens with one attached hydrogen (secondary N) is 1. The number of benzene rings is 1. The van der Waals surface area contributed by atoms with E-state index in [0.29, 0.717) is 0 Å². The Morgan fingerprint density at radius 2 is 2.06 bits per heavy atom. The molecule has 1 fully saturated rings. The molecule has 3 nitrogen and oxygen atoms in total. The predicted molar refractivity (Wildman–Crippen MR) is 68.1 cm³/mol. The lowest BCUT2D eigenvalue weighted by Crippen LogP contribution is -2.34. The minimum absolute atomic E-state index is 0.0400. The summed E-state index contributed by atoms with van der Waals surface area (Å²) in [5, 5.41) is 13.0. The summed E-state index contributed by atoms with van der Waals surface area (Å²) in [6.45, 7) is 0.791. The van der Waals surface area contributed by atoms with Crippen molar-refractivity contribution in [2.24, 2.45) is 0 Å². The van der Waals surface area contributed by atoms with E-state index in [2.05, 4.69) is 11.4 Å². The number of para-hydroxylation sites is 1. The van der Waals surface area contributed by atoms with Gasteiger partial charge in [-0.05, 0) is 32.4 Å². The monoisotopic (exact) mass is 235 g/mol. The lowest BCUT2D eigenvalue weighted by molar-refractivity contribution is 0.00637. The highest BCUT2D eigenvalue weighted by atomic mass is 16.5. The average Bonchev–Trinajstić information content (AvgIpc) is 2.35. The highest BCUT2D eigenvalue weighted by molar-refractivity contribution is 5.33. The molecule has 0 radical (unpaired) electrons. The molecule has 0 bridgehead atoms. The zero-order valence-electron chi connectivity index (χ0n) is 10.4. The minimum Gasteiger partial charge on any atom is -0.487 e. The number of aliphatic hydroxyl groups excluding tert-OH is 1. The lowest BCUT2D eigenvalue weighted by Gasteiger charge is -2.29. The van der Waals surface area contributed by atoms with Crippen molar-refractivity contribution >= 4 is 0 Å². The Labute approximate surface area is 103 Å². The Bertz CT molecular complexity index is 354. The second-order valence-corrected chi connectivity index (χ2v) is 4.65. The van der Waals surface area contributed by atoms with Crippen molar-refractivity contribution < 1.29 is 9.84 Å². The van der Waals surface area contributed by atoms with E-state index in [1.54, 1.807) is 0 Å². The van der Waals surface area contributed by atoms with Crippen molar-refractivity contribution in [2.75, 3.05) is 7.05 Å². The molecule has 2 atom stereocenters. The van der Waals surface area contributed by atoms with Gasteiger partial charge in [0.2, 0.25) is 0 Å².